The number of nitrogens with zero attached hydrogens (tertiary/aromatic N) is 2. The zero-order chi connectivity index (χ0) is 15.7. The summed E-state index contributed by atoms with van der Waals surface area (Å²) < 4.78 is 5.16. The third-order valence-electron chi connectivity index (χ3n) is 3.80. The number of nitrogens with two attached hydrogens (primary N) is 1. The monoisotopic (exact) mass is 293 g/mol. The Morgan fingerprint density at radius 1 is 1.14 bits per heavy atom. The average Bonchev–Trinajstić information content (AvgIpc) is 2.48. The predicted octanol–water partition coefficient (Wildman–Crippen LogP) is 2.11. The first-order valence-electron chi connectivity index (χ1n) is 7.79. The molecular formula is C17H31N3O. The van der Waals surface area contributed by atoms with Gasteiger partial charge in [0.2, 0.25) is 0 Å². The van der Waals surface area contributed by atoms with E-state index in [-0.39, 0.29) is 0 Å². The third kappa shape index (κ3) is 6.14. The van der Waals surface area contributed by atoms with Crippen molar-refractivity contribution in [2.45, 2.75) is 26.0 Å². The largest absolute Gasteiger partial charge is 0.380 e. The van der Waals surface area contributed by atoms with Crippen LogP contribution in [-0.4, -0.2) is 57.2 Å². The van der Waals surface area contributed by atoms with Gasteiger partial charge in [-0.25, -0.2) is 0 Å². The summed E-state index contributed by atoms with van der Waals surface area (Å²) in [7, 11) is 5.95. The highest BCUT2D eigenvalue weighted by Gasteiger charge is 2.17. The van der Waals surface area contributed by atoms with Gasteiger partial charge in [0.05, 0.1) is 6.61 Å². The topological polar surface area (TPSA) is 41.7 Å². The Hall–Kier alpha value is -0.940. The van der Waals surface area contributed by atoms with Gasteiger partial charge in [-0.15, -0.1) is 0 Å². The van der Waals surface area contributed by atoms with Crippen molar-refractivity contribution in [2.24, 2.45) is 5.73 Å². The molecule has 120 valence electrons. The lowest BCUT2D eigenvalue weighted by Crippen LogP contribution is -2.35. The van der Waals surface area contributed by atoms with Crippen LogP contribution in [-0.2, 0) is 11.3 Å². The molecule has 0 heterocycles. The molecule has 0 aliphatic carbocycles. The molecule has 0 saturated carbocycles. The van der Waals surface area contributed by atoms with Gasteiger partial charge < -0.3 is 15.4 Å². The Kier molecular flexibility index (Phi) is 8.54. The Balaban J connectivity index is 2.69. The van der Waals surface area contributed by atoms with Crippen LogP contribution in [0.3, 0.4) is 0 Å². The summed E-state index contributed by atoms with van der Waals surface area (Å²) in [5.41, 5.74) is 8.53. The molecule has 1 rings (SSSR count). The molecular weight excluding hydrogens is 262 g/mol. The average molecular weight is 293 g/mol. The number of hydrogen-bond donors (Lipinski definition) is 1. The minimum Gasteiger partial charge on any atom is -0.380 e. The van der Waals surface area contributed by atoms with Gasteiger partial charge >= 0.3 is 0 Å². The van der Waals surface area contributed by atoms with E-state index >= 15 is 0 Å². The molecule has 1 aromatic carbocycles. The molecule has 1 unspecified atom stereocenters. The van der Waals surface area contributed by atoms with Crippen molar-refractivity contribution < 1.29 is 4.74 Å². The van der Waals surface area contributed by atoms with E-state index in [1.54, 1.807) is 7.11 Å². The van der Waals surface area contributed by atoms with Gasteiger partial charge in [0.15, 0.2) is 0 Å². The summed E-state index contributed by atoms with van der Waals surface area (Å²) in [5, 5.41) is 0. The number of hydrogen-bond acceptors (Lipinski definition) is 4. The van der Waals surface area contributed by atoms with Crippen molar-refractivity contribution in [2.75, 3.05) is 47.4 Å². The summed E-state index contributed by atoms with van der Waals surface area (Å²) >= 11 is 0. The normalized spacial score (nSPS) is 13.1. The van der Waals surface area contributed by atoms with Crippen LogP contribution < -0.4 is 5.73 Å². The second-order valence-electron chi connectivity index (χ2n) is 5.71. The maximum atomic E-state index is 6.03. The van der Waals surface area contributed by atoms with Gasteiger partial charge in [-0.05, 0) is 44.7 Å². The van der Waals surface area contributed by atoms with Gasteiger partial charge in [-0.3, -0.25) is 4.90 Å². The second-order valence-corrected chi connectivity index (χ2v) is 5.71. The van der Waals surface area contributed by atoms with Crippen LogP contribution in [0.15, 0.2) is 24.3 Å². The molecule has 1 atom stereocenters. The van der Waals surface area contributed by atoms with E-state index in [0.29, 0.717) is 19.2 Å². The van der Waals surface area contributed by atoms with Crippen LogP contribution in [0.4, 0.5) is 0 Å². The smallest absolute Gasteiger partial charge is 0.0713 e. The number of methoxy groups -OCH3 is 1. The van der Waals surface area contributed by atoms with Crippen molar-refractivity contribution in [3.05, 3.63) is 35.4 Å². The molecule has 1 aromatic rings. The van der Waals surface area contributed by atoms with Crippen molar-refractivity contribution in [3.63, 3.8) is 0 Å². The molecule has 0 saturated heterocycles. The summed E-state index contributed by atoms with van der Waals surface area (Å²) in [5.74, 6) is 0. The maximum Gasteiger partial charge on any atom is 0.0713 e. The van der Waals surface area contributed by atoms with Gasteiger partial charge in [0.1, 0.15) is 0 Å². The van der Waals surface area contributed by atoms with Gasteiger partial charge in [-0.2, -0.15) is 0 Å². The molecule has 2 N–H and O–H groups in total. The van der Waals surface area contributed by atoms with Crippen LogP contribution in [0.5, 0.6) is 0 Å². The lowest BCUT2D eigenvalue weighted by Gasteiger charge is -2.30. The zero-order valence-corrected chi connectivity index (χ0v) is 14.0. The molecule has 0 spiro atoms. The van der Waals surface area contributed by atoms with Crippen LogP contribution in [0.1, 0.15) is 30.5 Å². The van der Waals surface area contributed by atoms with Crippen LogP contribution in [0.25, 0.3) is 0 Å². The SMILES string of the molecule is CCN(CCCN(C)C)C(CN)c1ccc(COC)cc1. The van der Waals surface area contributed by atoms with E-state index < -0.39 is 0 Å². The van der Waals surface area contributed by atoms with E-state index in [1.165, 1.54) is 17.5 Å². The fourth-order valence-electron chi connectivity index (χ4n) is 2.62. The van der Waals surface area contributed by atoms with Crippen molar-refractivity contribution in [1.29, 1.82) is 0 Å². The Bertz CT molecular complexity index is 378. The molecule has 4 nitrogen and oxygen atoms in total. The first-order chi connectivity index (χ1) is 10.1. The highest BCUT2D eigenvalue weighted by molar-refractivity contribution is 5.25. The molecule has 21 heavy (non-hydrogen) atoms. The fourth-order valence-corrected chi connectivity index (χ4v) is 2.62. The van der Waals surface area contributed by atoms with Crippen molar-refractivity contribution in [3.8, 4) is 0 Å². The first kappa shape index (κ1) is 18.1. The van der Waals surface area contributed by atoms with Crippen molar-refractivity contribution >= 4 is 0 Å². The summed E-state index contributed by atoms with van der Waals surface area (Å²) in [6.07, 6.45) is 1.17. The highest BCUT2D eigenvalue weighted by Crippen LogP contribution is 2.20. The van der Waals surface area contributed by atoms with E-state index in [9.17, 15) is 0 Å². The molecule has 4 heteroatoms. The molecule has 0 aromatic heterocycles. The fraction of sp³-hybridized carbons (Fsp3) is 0.647. The second kappa shape index (κ2) is 9.90. The molecule has 0 radical (unpaired) electrons. The lowest BCUT2D eigenvalue weighted by molar-refractivity contribution is 0.184. The minimum absolute atomic E-state index is 0.300. The molecule has 0 bridgehead atoms. The lowest BCUT2D eigenvalue weighted by atomic mass is 10.0. The molecule has 0 aliphatic rings. The summed E-state index contributed by atoms with van der Waals surface area (Å²) in [4.78, 5) is 4.69. The summed E-state index contributed by atoms with van der Waals surface area (Å²) in [6.45, 7) is 6.73. The van der Waals surface area contributed by atoms with Crippen molar-refractivity contribution in [1.82, 2.24) is 9.80 Å². The van der Waals surface area contributed by atoms with E-state index in [4.69, 9.17) is 10.5 Å². The number of likely N-dealkylation sites (N-methyl/N-ethyl adjacent to an activating group) is 1. The third-order valence-corrected chi connectivity index (χ3v) is 3.80. The Morgan fingerprint density at radius 3 is 2.29 bits per heavy atom. The van der Waals surface area contributed by atoms with Crippen LogP contribution in [0.2, 0.25) is 0 Å². The minimum atomic E-state index is 0.300. The van der Waals surface area contributed by atoms with E-state index in [1.807, 2.05) is 0 Å². The zero-order valence-electron chi connectivity index (χ0n) is 14.0. The summed E-state index contributed by atoms with van der Waals surface area (Å²) in [6, 6.07) is 8.93. The van der Waals surface area contributed by atoms with Gasteiger partial charge in [0, 0.05) is 26.2 Å². The highest BCUT2D eigenvalue weighted by atomic mass is 16.5. The predicted molar refractivity (Wildman–Crippen MR) is 89.4 cm³/mol. The van der Waals surface area contributed by atoms with Gasteiger partial charge in [-0.1, -0.05) is 31.2 Å². The first-order valence-corrected chi connectivity index (χ1v) is 7.79. The molecule has 0 aliphatic heterocycles. The van der Waals surface area contributed by atoms with Gasteiger partial charge in [0.25, 0.3) is 0 Å². The van der Waals surface area contributed by atoms with E-state index in [2.05, 4.69) is 55.1 Å². The van der Waals surface area contributed by atoms with Crippen LogP contribution >= 0.6 is 0 Å². The number of benzene rings is 1. The van der Waals surface area contributed by atoms with E-state index in [0.717, 1.165) is 19.6 Å². The molecule has 0 fully saturated rings. The Morgan fingerprint density at radius 2 is 1.81 bits per heavy atom. The van der Waals surface area contributed by atoms with Crippen LogP contribution in [0, 0.1) is 0 Å². The standard InChI is InChI=1S/C17H31N3O/c1-5-20(12-6-11-19(2)3)17(13-18)16-9-7-15(8-10-16)14-21-4/h7-10,17H,5-6,11-14,18H2,1-4H3. The molecule has 0 amide bonds. The Labute approximate surface area is 129 Å². The number of rotatable bonds is 10. The maximum absolute atomic E-state index is 6.03. The number of ether oxygens (including phenoxy) is 1. The quantitative estimate of drug-likeness (QED) is 0.717.